The van der Waals surface area contributed by atoms with Gasteiger partial charge in [-0.25, -0.2) is 0 Å². The zero-order valence-corrected chi connectivity index (χ0v) is 15.6. The highest BCUT2D eigenvalue weighted by molar-refractivity contribution is 5.81. The maximum atomic E-state index is 12.4. The standard InChI is InChI=1S/C21H33N3O/c1-24(19-11-3-2-4-12-19)16-18-10-6-5-9-17(18)15-23-21(25)20-13-7-8-14-22-20/h5-6,9-10,19-20,22H,2-4,7-8,11-16H2,1H3,(H,23,25)/t20-/m1/s1. The molecule has 1 heterocycles. The molecule has 1 saturated heterocycles. The van der Waals surface area contributed by atoms with Crippen molar-refractivity contribution >= 4 is 5.91 Å². The van der Waals surface area contributed by atoms with Gasteiger partial charge in [-0.2, -0.15) is 0 Å². The Kier molecular flexibility index (Phi) is 6.88. The molecule has 1 saturated carbocycles. The van der Waals surface area contributed by atoms with E-state index in [2.05, 4.69) is 46.8 Å². The van der Waals surface area contributed by atoms with Crippen LogP contribution in [-0.4, -0.2) is 36.5 Å². The second-order valence-corrected chi connectivity index (χ2v) is 7.70. The number of benzene rings is 1. The predicted molar refractivity (Wildman–Crippen MR) is 102 cm³/mol. The zero-order valence-electron chi connectivity index (χ0n) is 15.6. The molecule has 1 aliphatic heterocycles. The lowest BCUT2D eigenvalue weighted by Gasteiger charge is -2.31. The lowest BCUT2D eigenvalue weighted by molar-refractivity contribution is -0.123. The van der Waals surface area contributed by atoms with Crippen molar-refractivity contribution in [1.29, 1.82) is 0 Å². The average molecular weight is 344 g/mol. The number of amides is 1. The molecule has 1 amide bonds. The number of rotatable bonds is 6. The van der Waals surface area contributed by atoms with E-state index in [0.717, 1.165) is 25.9 Å². The molecule has 1 aliphatic carbocycles. The summed E-state index contributed by atoms with van der Waals surface area (Å²) in [5.74, 6) is 0.148. The Morgan fingerprint density at radius 1 is 1.08 bits per heavy atom. The maximum Gasteiger partial charge on any atom is 0.237 e. The van der Waals surface area contributed by atoms with E-state index in [0.29, 0.717) is 12.6 Å². The average Bonchev–Trinajstić information content (AvgIpc) is 2.68. The van der Waals surface area contributed by atoms with E-state index in [-0.39, 0.29) is 11.9 Å². The van der Waals surface area contributed by atoms with Crippen LogP contribution in [0.1, 0.15) is 62.5 Å². The molecular weight excluding hydrogens is 310 g/mol. The first kappa shape index (κ1) is 18.4. The third-order valence-electron chi connectivity index (χ3n) is 5.82. The fraction of sp³-hybridized carbons (Fsp3) is 0.667. The van der Waals surface area contributed by atoms with Crippen LogP contribution in [0.4, 0.5) is 0 Å². The topological polar surface area (TPSA) is 44.4 Å². The van der Waals surface area contributed by atoms with Crippen LogP contribution in [-0.2, 0) is 17.9 Å². The third-order valence-corrected chi connectivity index (χ3v) is 5.82. The Labute approximate surface area is 152 Å². The Morgan fingerprint density at radius 3 is 2.52 bits per heavy atom. The van der Waals surface area contributed by atoms with E-state index in [1.54, 1.807) is 0 Å². The molecule has 0 unspecified atom stereocenters. The smallest absolute Gasteiger partial charge is 0.237 e. The van der Waals surface area contributed by atoms with Gasteiger partial charge in [0.25, 0.3) is 0 Å². The third kappa shape index (κ3) is 5.29. The number of piperidine rings is 1. The molecule has 0 bridgehead atoms. The number of carbonyl (C=O) groups is 1. The minimum atomic E-state index is -0.00850. The number of nitrogens with zero attached hydrogens (tertiary/aromatic N) is 1. The highest BCUT2D eigenvalue weighted by atomic mass is 16.2. The van der Waals surface area contributed by atoms with Crippen LogP contribution < -0.4 is 10.6 Å². The Balaban J connectivity index is 1.55. The second kappa shape index (κ2) is 9.35. The van der Waals surface area contributed by atoms with Crippen molar-refractivity contribution in [2.24, 2.45) is 0 Å². The summed E-state index contributed by atoms with van der Waals surface area (Å²) in [7, 11) is 2.25. The maximum absolute atomic E-state index is 12.4. The van der Waals surface area contributed by atoms with Crippen molar-refractivity contribution in [3.05, 3.63) is 35.4 Å². The normalized spacial score (nSPS) is 22.1. The molecule has 1 aromatic carbocycles. The highest BCUT2D eigenvalue weighted by Gasteiger charge is 2.21. The van der Waals surface area contributed by atoms with Crippen LogP contribution in [0, 0.1) is 0 Å². The monoisotopic (exact) mass is 343 g/mol. The second-order valence-electron chi connectivity index (χ2n) is 7.70. The van der Waals surface area contributed by atoms with Gasteiger partial charge in [-0.3, -0.25) is 9.69 Å². The van der Waals surface area contributed by atoms with E-state index in [9.17, 15) is 4.79 Å². The number of nitrogens with one attached hydrogen (secondary N) is 2. The van der Waals surface area contributed by atoms with Gasteiger partial charge in [-0.05, 0) is 50.4 Å². The molecule has 4 heteroatoms. The molecule has 1 atom stereocenters. The number of hydrogen-bond acceptors (Lipinski definition) is 3. The SMILES string of the molecule is CN(Cc1ccccc1CNC(=O)[C@H]1CCCCN1)C1CCCCC1. The minimum absolute atomic E-state index is 0.00850. The van der Waals surface area contributed by atoms with Gasteiger partial charge < -0.3 is 10.6 Å². The predicted octanol–water partition coefficient (Wildman–Crippen LogP) is 3.21. The first-order valence-electron chi connectivity index (χ1n) is 10.0. The van der Waals surface area contributed by atoms with Gasteiger partial charge in [-0.1, -0.05) is 49.9 Å². The molecule has 2 aliphatic rings. The Bertz CT molecular complexity index is 548. The van der Waals surface area contributed by atoms with Gasteiger partial charge in [0, 0.05) is 19.1 Å². The summed E-state index contributed by atoms with van der Waals surface area (Å²) in [5, 5.41) is 6.47. The molecule has 0 spiro atoms. The lowest BCUT2D eigenvalue weighted by atomic mass is 9.94. The molecule has 2 N–H and O–H groups in total. The van der Waals surface area contributed by atoms with Crippen LogP contribution in [0.25, 0.3) is 0 Å². The molecule has 0 radical (unpaired) electrons. The Hall–Kier alpha value is -1.39. The number of carbonyl (C=O) groups excluding carboxylic acids is 1. The summed E-state index contributed by atoms with van der Waals surface area (Å²) >= 11 is 0. The molecule has 2 fully saturated rings. The summed E-state index contributed by atoms with van der Waals surface area (Å²) in [5.41, 5.74) is 2.58. The quantitative estimate of drug-likeness (QED) is 0.834. The summed E-state index contributed by atoms with van der Waals surface area (Å²) in [6.07, 6.45) is 10.0. The lowest BCUT2D eigenvalue weighted by Crippen LogP contribution is -2.46. The minimum Gasteiger partial charge on any atom is -0.351 e. The highest BCUT2D eigenvalue weighted by Crippen LogP contribution is 2.23. The van der Waals surface area contributed by atoms with Crippen LogP contribution >= 0.6 is 0 Å². The molecular formula is C21H33N3O. The van der Waals surface area contributed by atoms with Crippen molar-refractivity contribution in [3.8, 4) is 0 Å². The van der Waals surface area contributed by atoms with E-state index in [1.807, 2.05) is 0 Å². The Morgan fingerprint density at radius 2 is 1.80 bits per heavy atom. The van der Waals surface area contributed by atoms with Crippen molar-refractivity contribution in [1.82, 2.24) is 15.5 Å². The molecule has 4 nitrogen and oxygen atoms in total. The van der Waals surface area contributed by atoms with Gasteiger partial charge in [0.15, 0.2) is 0 Å². The summed E-state index contributed by atoms with van der Waals surface area (Å²) in [4.78, 5) is 14.9. The van der Waals surface area contributed by atoms with Crippen molar-refractivity contribution in [3.63, 3.8) is 0 Å². The molecule has 3 rings (SSSR count). The van der Waals surface area contributed by atoms with E-state index in [1.165, 1.54) is 49.7 Å². The first-order valence-corrected chi connectivity index (χ1v) is 10.0. The number of hydrogen-bond donors (Lipinski definition) is 2. The van der Waals surface area contributed by atoms with E-state index < -0.39 is 0 Å². The van der Waals surface area contributed by atoms with Gasteiger partial charge in [0.05, 0.1) is 6.04 Å². The van der Waals surface area contributed by atoms with Crippen molar-refractivity contribution in [2.75, 3.05) is 13.6 Å². The van der Waals surface area contributed by atoms with Crippen LogP contribution in [0.3, 0.4) is 0 Å². The summed E-state index contributed by atoms with van der Waals surface area (Å²) in [6.45, 7) is 2.56. The fourth-order valence-corrected chi connectivity index (χ4v) is 4.18. The zero-order chi connectivity index (χ0) is 17.5. The van der Waals surface area contributed by atoms with Gasteiger partial charge in [-0.15, -0.1) is 0 Å². The van der Waals surface area contributed by atoms with Gasteiger partial charge >= 0.3 is 0 Å². The van der Waals surface area contributed by atoms with Crippen molar-refractivity contribution < 1.29 is 4.79 Å². The van der Waals surface area contributed by atoms with Crippen molar-refractivity contribution in [2.45, 2.75) is 76.5 Å². The van der Waals surface area contributed by atoms with E-state index in [4.69, 9.17) is 0 Å². The van der Waals surface area contributed by atoms with Crippen LogP contribution in [0.15, 0.2) is 24.3 Å². The van der Waals surface area contributed by atoms with Crippen LogP contribution in [0.5, 0.6) is 0 Å². The first-order chi connectivity index (χ1) is 12.2. The van der Waals surface area contributed by atoms with Gasteiger partial charge in [0.1, 0.15) is 0 Å². The summed E-state index contributed by atoms with van der Waals surface area (Å²) in [6, 6.07) is 9.24. The van der Waals surface area contributed by atoms with Gasteiger partial charge in [0.2, 0.25) is 5.91 Å². The summed E-state index contributed by atoms with van der Waals surface area (Å²) < 4.78 is 0. The molecule has 0 aromatic heterocycles. The fourth-order valence-electron chi connectivity index (χ4n) is 4.18. The molecule has 138 valence electrons. The molecule has 25 heavy (non-hydrogen) atoms. The largest absolute Gasteiger partial charge is 0.351 e. The van der Waals surface area contributed by atoms with E-state index >= 15 is 0 Å². The van der Waals surface area contributed by atoms with Crippen LogP contribution in [0.2, 0.25) is 0 Å². The molecule has 1 aromatic rings.